The van der Waals surface area contributed by atoms with E-state index in [-0.39, 0.29) is 17.1 Å². The highest BCUT2D eigenvalue weighted by molar-refractivity contribution is 7.11. The van der Waals surface area contributed by atoms with Gasteiger partial charge < -0.3 is 14.2 Å². The first-order valence-electron chi connectivity index (χ1n) is 6.80. The van der Waals surface area contributed by atoms with E-state index >= 15 is 0 Å². The van der Waals surface area contributed by atoms with Crippen molar-refractivity contribution in [3.63, 3.8) is 0 Å². The SMILES string of the molecule is COC(=O)/C(=C\c1ccc(OC(F)F)c(OC)c1)c1nc(C)cs1. The lowest BCUT2D eigenvalue weighted by Gasteiger charge is -2.10. The Bertz CT molecular complexity index is 758. The van der Waals surface area contributed by atoms with Crippen LogP contribution in [0.5, 0.6) is 11.5 Å². The Morgan fingerprint density at radius 3 is 2.58 bits per heavy atom. The second-order valence-electron chi connectivity index (χ2n) is 4.63. The molecule has 0 spiro atoms. The molecule has 0 fully saturated rings. The molecule has 24 heavy (non-hydrogen) atoms. The number of hydrogen-bond acceptors (Lipinski definition) is 6. The fourth-order valence-electron chi connectivity index (χ4n) is 1.93. The normalized spacial score (nSPS) is 11.5. The third-order valence-corrected chi connectivity index (χ3v) is 3.96. The Morgan fingerprint density at radius 1 is 1.29 bits per heavy atom. The van der Waals surface area contributed by atoms with Gasteiger partial charge in [0.15, 0.2) is 11.5 Å². The molecular formula is C16H15F2NO4S. The summed E-state index contributed by atoms with van der Waals surface area (Å²) < 4.78 is 38.9. The minimum Gasteiger partial charge on any atom is -0.493 e. The topological polar surface area (TPSA) is 57.7 Å². The van der Waals surface area contributed by atoms with Crippen LogP contribution in [0.15, 0.2) is 23.6 Å². The molecule has 0 aliphatic carbocycles. The summed E-state index contributed by atoms with van der Waals surface area (Å²) in [6.07, 6.45) is 1.55. The maximum Gasteiger partial charge on any atom is 0.387 e. The van der Waals surface area contributed by atoms with Crippen LogP contribution in [0.2, 0.25) is 0 Å². The molecule has 2 aromatic rings. The smallest absolute Gasteiger partial charge is 0.387 e. The lowest BCUT2D eigenvalue weighted by atomic mass is 10.1. The lowest BCUT2D eigenvalue weighted by molar-refractivity contribution is -0.133. The van der Waals surface area contributed by atoms with Crippen molar-refractivity contribution < 1.29 is 27.8 Å². The molecule has 8 heteroatoms. The number of methoxy groups -OCH3 is 2. The highest BCUT2D eigenvalue weighted by atomic mass is 32.1. The van der Waals surface area contributed by atoms with Gasteiger partial charge in [-0.15, -0.1) is 11.3 Å². The maximum absolute atomic E-state index is 12.4. The van der Waals surface area contributed by atoms with Crippen LogP contribution in [-0.4, -0.2) is 31.8 Å². The Balaban J connectivity index is 2.43. The zero-order chi connectivity index (χ0) is 17.7. The summed E-state index contributed by atoms with van der Waals surface area (Å²) in [5, 5.41) is 2.32. The number of hydrogen-bond donors (Lipinski definition) is 0. The molecule has 0 radical (unpaired) electrons. The van der Waals surface area contributed by atoms with Crippen LogP contribution in [0.3, 0.4) is 0 Å². The average molecular weight is 355 g/mol. The van der Waals surface area contributed by atoms with Gasteiger partial charge in [0.2, 0.25) is 0 Å². The predicted molar refractivity (Wildman–Crippen MR) is 86.4 cm³/mol. The van der Waals surface area contributed by atoms with Gasteiger partial charge in [-0.25, -0.2) is 9.78 Å². The fourth-order valence-corrected chi connectivity index (χ4v) is 2.73. The molecule has 0 bridgehead atoms. The number of benzene rings is 1. The van der Waals surface area contributed by atoms with Crippen molar-refractivity contribution in [1.29, 1.82) is 0 Å². The van der Waals surface area contributed by atoms with Crippen molar-refractivity contribution in [3.8, 4) is 11.5 Å². The van der Waals surface area contributed by atoms with Crippen LogP contribution >= 0.6 is 11.3 Å². The van der Waals surface area contributed by atoms with Gasteiger partial charge in [-0.2, -0.15) is 8.78 Å². The van der Waals surface area contributed by atoms with Gasteiger partial charge in [-0.05, 0) is 30.7 Å². The molecule has 0 aliphatic heterocycles. The summed E-state index contributed by atoms with van der Waals surface area (Å²) in [6, 6.07) is 4.36. The first kappa shape index (κ1) is 17.9. The molecular weight excluding hydrogens is 340 g/mol. The number of carbonyl (C=O) groups excluding carboxylic acids is 1. The van der Waals surface area contributed by atoms with Crippen LogP contribution < -0.4 is 9.47 Å². The molecule has 2 rings (SSSR count). The molecule has 0 atom stereocenters. The lowest BCUT2D eigenvalue weighted by Crippen LogP contribution is -2.04. The molecule has 0 saturated carbocycles. The number of ether oxygens (including phenoxy) is 3. The van der Waals surface area contributed by atoms with Crippen LogP contribution in [-0.2, 0) is 9.53 Å². The van der Waals surface area contributed by atoms with Gasteiger partial charge in [-0.1, -0.05) is 6.07 Å². The van der Waals surface area contributed by atoms with Gasteiger partial charge >= 0.3 is 12.6 Å². The number of carbonyl (C=O) groups is 1. The number of rotatable bonds is 6. The number of halogens is 2. The van der Waals surface area contributed by atoms with Gasteiger partial charge in [0.1, 0.15) is 5.01 Å². The van der Waals surface area contributed by atoms with E-state index in [0.717, 1.165) is 5.69 Å². The summed E-state index contributed by atoms with van der Waals surface area (Å²) in [4.78, 5) is 16.3. The number of aryl methyl sites for hydroxylation is 1. The molecule has 0 N–H and O–H groups in total. The maximum atomic E-state index is 12.4. The van der Waals surface area contributed by atoms with Crippen molar-refractivity contribution in [1.82, 2.24) is 4.98 Å². The fraction of sp³-hybridized carbons (Fsp3) is 0.250. The van der Waals surface area contributed by atoms with Crippen molar-refractivity contribution in [3.05, 3.63) is 39.8 Å². The molecule has 1 aromatic heterocycles. The van der Waals surface area contributed by atoms with Gasteiger partial charge in [0.05, 0.1) is 19.8 Å². The van der Waals surface area contributed by atoms with E-state index in [2.05, 4.69) is 9.72 Å². The van der Waals surface area contributed by atoms with Gasteiger partial charge in [-0.3, -0.25) is 0 Å². The predicted octanol–water partition coefficient (Wildman–Crippen LogP) is 3.78. The average Bonchev–Trinajstić information content (AvgIpc) is 2.98. The van der Waals surface area contributed by atoms with Crippen LogP contribution in [0, 0.1) is 6.92 Å². The van der Waals surface area contributed by atoms with E-state index in [1.165, 1.54) is 43.8 Å². The zero-order valence-corrected chi connectivity index (χ0v) is 14.0. The van der Waals surface area contributed by atoms with Crippen LogP contribution in [0.25, 0.3) is 11.6 Å². The molecule has 0 unspecified atom stereocenters. The summed E-state index contributed by atoms with van der Waals surface area (Å²) in [7, 11) is 2.61. The molecule has 0 saturated heterocycles. The first-order valence-corrected chi connectivity index (χ1v) is 7.68. The van der Waals surface area contributed by atoms with E-state index in [4.69, 9.17) is 9.47 Å². The third-order valence-electron chi connectivity index (χ3n) is 2.97. The van der Waals surface area contributed by atoms with Gasteiger partial charge in [0, 0.05) is 11.1 Å². The Labute approximate surface area is 141 Å². The number of alkyl halides is 2. The summed E-state index contributed by atoms with van der Waals surface area (Å²) in [6.45, 7) is -1.14. The van der Waals surface area contributed by atoms with E-state index in [1.807, 2.05) is 12.3 Å². The molecule has 0 aliphatic rings. The Hall–Kier alpha value is -2.48. The van der Waals surface area contributed by atoms with Crippen LogP contribution in [0.1, 0.15) is 16.3 Å². The molecule has 128 valence electrons. The van der Waals surface area contributed by atoms with E-state index in [1.54, 1.807) is 6.08 Å². The highest BCUT2D eigenvalue weighted by Gasteiger charge is 2.17. The van der Waals surface area contributed by atoms with E-state index in [0.29, 0.717) is 10.6 Å². The first-order chi connectivity index (χ1) is 11.4. The number of aromatic nitrogens is 1. The van der Waals surface area contributed by atoms with Crippen molar-refractivity contribution in [2.75, 3.05) is 14.2 Å². The summed E-state index contributed by atoms with van der Waals surface area (Å²) in [5.41, 5.74) is 1.60. The number of nitrogens with zero attached hydrogens (tertiary/aromatic N) is 1. The standard InChI is InChI=1S/C16H15F2NO4S/c1-9-8-24-14(19-9)11(15(20)22-3)6-10-4-5-12(23-16(17)18)13(7-10)21-2/h4-8,16H,1-3H3/b11-6-. The second-order valence-corrected chi connectivity index (χ2v) is 5.49. The number of thiazole rings is 1. The summed E-state index contributed by atoms with van der Waals surface area (Å²) >= 11 is 1.31. The molecule has 5 nitrogen and oxygen atoms in total. The van der Waals surface area contributed by atoms with Crippen molar-refractivity contribution >= 4 is 29.0 Å². The number of esters is 1. The monoisotopic (exact) mass is 355 g/mol. The van der Waals surface area contributed by atoms with Crippen LogP contribution in [0.4, 0.5) is 8.78 Å². The van der Waals surface area contributed by atoms with Crippen molar-refractivity contribution in [2.45, 2.75) is 13.5 Å². The third kappa shape index (κ3) is 4.29. The molecule has 1 heterocycles. The minimum atomic E-state index is -2.95. The van der Waals surface area contributed by atoms with Crippen molar-refractivity contribution in [2.24, 2.45) is 0 Å². The van der Waals surface area contributed by atoms with E-state index in [9.17, 15) is 13.6 Å². The zero-order valence-electron chi connectivity index (χ0n) is 13.2. The molecule has 1 aromatic carbocycles. The summed E-state index contributed by atoms with van der Waals surface area (Å²) in [5.74, 6) is -0.505. The van der Waals surface area contributed by atoms with E-state index < -0.39 is 12.6 Å². The Morgan fingerprint density at radius 2 is 2.04 bits per heavy atom. The minimum absolute atomic E-state index is 0.0886. The highest BCUT2D eigenvalue weighted by Crippen LogP contribution is 2.31. The second kappa shape index (κ2) is 7.87. The molecule has 0 amide bonds. The quantitative estimate of drug-likeness (QED) is 0.583. The largest absolute Gasteiger partial charge is 0.493 e. The Kier molecular flexibility index (Phi) is 5.86. The van der Waals surface area contributed by atoms with Gasteiger partial charge in [0.25, 0.3) is 0 Å².